The van der Waals surface area contributed by atoms with E-state index in [1.54, 1.807) is 11.8 Å². The van der Waals surface area contributed by atoms with Crippen LogP contribution in [-0.4, -0.2) is 35.4 Å². The lowest BCUT2D eigenvalue weighted by Gasteiger charge is -2.32. The number of likely N-dealkylation sites (tertiary alicyclic amines) is 1. The summed E-state index contributed by atoms with van der Waals surface area (Å²) >= 11 is 1.62. The average Bonchev–Trinajstić information content (AvgIpc) is 1.82. The van der Waals surface area contributed by atoms with Crippen LogP contribution in [0.25, 0.3) is 0 Å². The van der Waals surface area contributed by atoms with E-state index in [1.807, 2.05) is 18.1 Å². The fraction of sp³-hybridized carbons (Fsp3) is 0.857. The van der Waals surface area contributed by atoms with Gasteiger partial charge >= 0.3 is 0 Å². The van der Waals surface area contributed by atoms with E-state index in [1.165, 1.54) is 6.42 Å². The van der Waals surface area contributed by atoms with Gasteiger partial charge in [0.05, 0.1) is 5.25 Å². The van der Waals surface area contributed by atoms with Crippen molar-refractivity contribution >= 4 is 17.7 Å². The zero-order valence-electron chi connectivity index (χ0n) is 6.46. The second-order valence-electron chi connectivity index (χ2n) is 2.56. The molecule has 1 aliphatic heterocycles. The molecule has 1 heterocycles. The lowest BCUT2D eigenvalue weighted by Crippen LogP contribution is -2.45. The van der Waals surface area contributed by atoms with Crippen LogP contribution in [0, 0.1) is 0 Å². The van der Waals surface area contributed by atoms with E-state index in [9.17, 15) is 4.79 Å². The molecular weight excluding hydrogens is 146 g/mol. The van der Waals surface area contributed by atoms with Crippen LogP contribution >= 0.6 is 11.8 Å². The number of amides is 1. The van der Waals surface area contributed by atoms with Crippen molar-refractivity contribution < 1.29 is 4.79 Å². The molecule has 1 amide bonds. The Bertz CT molecular complexity index is 127. The van der Waals surface area contributed by atoms with E-state index >= 15 is 0 Å². The van der Waals surface area contributed by atoms with Gasteiger partial charge in [-0.3, -0.25) is 4.79 Å². The van der Waals surface area contributed by atoms with Gasteiger partial charge in [-0.2, -0.15) is 11.8 Å². The zero-order chi connectivity index (χ0) is 7.56. The lowest BCUT2D eigenvalue weighted by molar-refractivity contribution is -0.133. The van der Waals surface area contributed by atoms with Gasteiger partial charge < -0.3 is 4.90 Å². The minimum absolute atomic E-state index is 0.153. The highest BCUT2D eigenvalue weighted by atomic mass is 32.2. The first-order chi connectivity index (χ1) is 4.75. The highest BCUT2D eigenvalue weighted by Gasteiger charge is 2.23. The molecule has 1 atom stereocenters. The van der Waals surface area contributed by atoms with Gasteiger partial charge in [-0.25, -0.2) is 0 Å². The lowest BCUT2D eigenvalue weighted by atomic mass is 10.2. The molecule has 0 bridgehead atoms. The van der Waals surface area contributed by atoms with Gasteiger partial charge in [0.1, 0.15) is 0 Å². The van der Waals surface area contributed by atoms with Crippen molar-refractivity contribution in [1.29, 1.82) is 0 Å². The van der Waals surface area contributed by atoms with Crippen LogP contribution in [-0.2, 0) is 4.79 Å². The van der Waals surface area contributed by atoms with Crippen LogP contribution in [0.1, 0.15) is 13.3 Å². The molecule has 0 aliphatic carbocycles. The molecule has 0 aromatic heterocycles. The first kappa shape index (κ1) is 7.92. The number of hydrogen-bond donors (Lipinski definition) is 0. The number of hydrogen-bond acceptors (Lipinski definition) is 2. The van der Waals surface area contributed by atoms with Crippen LogP contribution in [0.2, 0.25) is 0 Å². The third-order valence-corrected chi connectivity index (χ3v) is 2.78. The predicted octanol–water partition coefficient (Wildman–Crippen LogP) is 0.970. The van der Waals surface area contributed by atoms with E-state index in [2.05, 4.69) is 0 Å². The van der Waals surface area contributed by atoms with Crippen LogP contribution < -0.4 is 0 Å². The molecular formula is C7H13NOS. The monoisotopic (exact) mass is 159 g/mol. The minimum Gasteiger partial charge on any atom is -0.342 e. The number of carbonyl (C=O) groups is 1. The largest absolute Gasteiger partial charge is 0.342 e. The summed E-state index contributed by atoms with van der Waals surface area (Å²) < 4.78 is 0. The van der Waals surface area contributed by atoms with Gasteiger partial charge in [0.15, 0.2) is 0 Å². The van der Waals surface area contributed by atoms with E-state index < -0.39 is 0 Å². The summed E-state index contributed by atoms with van der Waals surface area (Å²) in [7, 11) is 0. The third kappa shape index (κ3) is 1.45. The van der Waals surface area contributed by atoms with Crippen LogP contribution in [0.15, 0.2) is 0 Å². The Hall–Kier alpha value is -0.180. The number of carbonyl (C=O) groups excluding carboxylic acids is 1. The van der Waals surface area contributed by atoms with Crippen LogP contribution in [0.4, 0.5) is 0 Å². The van der Waals surface area contributed by atoms with Crippen molar-refractivity contribution in [2.75, 3.05) is 19.3 Å². The number of nitrogens with zero attached hydrogens (tertiary/aromatic N) is 1. The quantitative estimate of drug-likeness (QED) is 0.598. The van der Waals surface area contributed by atoms with Crippen molar-refractivity contribution in [3.05, 3.63) is 0 Å². The zero-order valence-corrected chi connectivity index (χ0v) is 7.28. The summed E-state index contributed by atoms with van der Waals surface area (Å²) in [5, 5.41) is 0.153. The molecule has 0 saturated carbocycles. The Labute approximate surface area is 66.0 Å². The predicted molar refractivity (Wildman–Crippen MR) is 44.2 cm³/mol. The summed E-state index contributed by atoms with van der Waals surface area (Å²) in [4.78, 5) is 13.2. The van der Waals surface area contributed by atoms with E-state index in [0.717, 1.165) is 13.1 Å². The maximum absolute atomic E-state index is 11.3. The van der Waals surface area contributed by atoms with Crippen molar-refractivity contribution in [1.82, 2.24) is 4.90 Å². The normalized spacial score (nSPS) is 20.0. The second-order valence-corrected chi connectivity index (χ2v) is 3.74. The summed E-state index contributed by atoms with van der Waals surface area (Å²) in [5.74, 6) is 0.304. The maximum atomic E-state index is 11.3. The Morgan fingerprint density at radius 3 is 2.50 bits per heavy atom. The Balaban J connectivity index is 2.32. The Morgan fingerprint density at radius 1 is 1.60 bits per heavy atom. The molecule has 10 heavy (non-hydrogen) atoms. The van der Waals surface area contributed by atoms with Gasteiger partial charge in [-0.1, -0.05) is 0 Å². The first-order valence-electron chi connectivity index (χ1n) is 3.57. The van der Waals surface area contributed by atoms with Gasteiger partial charge in [-0.15, -0.1) is 0 Å². The van der Waals surface area contributed by atoms with E-state index in [4.69, 9.17) is 0 Å². The second kappa shape index (κ2) is 3.28. The molecule has 0 aromatic rings. The molecule has 2 nitrogen and oxygen atoms in total. The molecule has 0 N–H and O–H groups in total. The summed E-state index contributed by atoms with van der Waals surface area (Å²) in [6.07, 6.45) is 3.16. The molecule has 0 radical (unpaired) electrons. The topological polar surface area (TPSA) is 20.3 Å². The van der Waals surface area contributed by atoms with E-state index in [-0.39, 0.29) is 5.25 Å². The van der Waals surface area contributed by atoms with E-state index in [0.29, 0.717) is 5.91 Å². The summed E-state index contributed by atoms with van der Waals surface area (Å²) in [6, 6.07) is 0. The van der Waals surface area contributed by atoms with Crippen molar-refractivity contribution in [2.45, 2.75) is 18.6 Å². The fourth-order valence-electron chi connectivity index (χ4n) is 0.895. The fourth-order valence-corrected chi connectivity index (χ4v) is 1.25. The van der Waals surface area contributed by atoms with Crippen molar-refractivity contribution in [3.8, 4) is 0 Å². The molecule has 1 fully saturated rings. The number of thioether (sulfide) groups is 1. The van der Waals surface area contributed by atoms with Crippen LogP contribution in [0.5, 0.6) is 0 Å². The molecule has 0 spiro atoms. The Kier molecular flexibility index (Phi) is 2.60. The minimum atomic E-state index is 0.153. The van der Waals surface area contributed by atoms with Gasteiger partial charge in [0.2, 0.25) is 5.91 Å². The summed E-state index contributed by atoms with van der Waals surface area (Å²) in [5.41, 5.74) is 0. The maximum Gasteiger partial charge on any atom is 0.235 e. The molecule has 0 aromatic carbocycles. The molecule has 1 unspecified atom stereocenters. The highest BCUT2D eigenvalue weighted by Crippen LogP contribution is 2.14. The molecule has 1 saturated heterocycles. The highest BCUT2D eigenvalue weighted by molar-refractivity contribution is 7.99. The van der Waals surface area contributed by atoms with Gasteiger partial charge in [0, 0.05) is 13.1 Å². The molecule has 58 valence electrons. The summed E-state index contributed by atoms with van der Waals surface area (Å²) in [6.45, 7) is 3.92. The van der Waals surface area contributed by atoms with Crippen LogP contribution in [0.3, 0.4) is 0 Å². The molecule has 1 rings (SSSR count). The third-order valence-electron chi connectivity index (χ3n) is 1.87. The van der Waals surface area contributed by atoms with Gasteiger partial charge in [0.25, 0.3) is 0 Å². The Morgan fingerprint density at radius 2 is 2.20 bits per heavy atom. The molecule has 1 aliphatic rings. The smallest absolute Gasteiger partial charge is 0.235 e. The SMILES string of the molecule is CSC(C)C(=O)N1CCC1. The van der Waals surface area contributed by atoms with Crippen molar-refractivity contribution in [2.24, 2.45) is 0 Å². The number of rotatable bonds is 2. The molecule has 3 heteroatoms. The van der Waals surface area contributed by atoms with Crippen molar-refractivity contribution in [3.63, 3.8) is 0 Å². The first-order valence-corrected chi connectivity index (χ1v) is 4.86. The van der Waals surface area contributed by atoms with Gasteiger partial charge in [-0.05, 0) is 19.6 Å². The standard InChI is InChI=1S/C7H13NOS/c1-6(10-2)7(9)8-4-3-5-8/h6H,3-5H2,1-2H3. The average molecular weight is 159 g/mol.